The summed E-state index contributed by atoms with van der Waals surface area (Å²) in [4.78, 5) is 14.4. The van der Waals surface area contributed by atoms with Gasteiger partial charge in [0.25, 0.3) is 5.91 Å². The van der Waals surface area contributed by atoms with E-state index in [1.807, 2.05) is 37.3 Å². The number of ether oxygens (including phenoxy) is 1. The van der Waals surface area contributed by atoms with Crippen LogP contribution in [0.5, 0.6) is 5.75 Å². The van der Waals surface area contributed by atoms with E-state index in [4.69, 9.17) is 4.74 Å². The van der Waals surface area contributed by atoms with Crippen LogP contribution in [0.25, 0.3) is 0 Å². The summed E-state index contributed by atoms with van der Waals surface area (Å²) in [7, 11) is 2.10. The van der Waals surface area contributed by atoms with E-state index in [0.717, 1.165) is 30.8 Å². The zero-order valence-corrected chi connectivity index (χ0v) is 15.4. The Balaban J connectivity index is 1.64. The summed E-state index contributed by atoms with van der Waals surface area (Å²) in [6, 6.07) is 18.1. The number of hydrogen-bond donors (Lipinski definition) is 1. The first-order chi connectivity index (χ1) is 12.0. The zero-order valence-electron chi connectivity index (χ0n) is 15.4. The predicted molar refractivity (Wildman–Crippen MR) is 102 cm³/mol. The molecule has 0 fully saturated rings. The molecule has 1 N–H and O–H groups in total. The van der Waals surface area contributed by atoms with Crippen molar-refractivity contribution < 1.29 is 9.53 Å². The SMILES string of the molecule is Cc1cccc(OC(C)C(=O)NCCCN(C)Cc2ccccc2)c1. The maximum Gasteiger partial charge on any atom is 0.260 e. The van der Waals surface area contributed by atoms with Gasteiger partial charge in [-0.2, -0.15) is 0 Å². The third-order valence-electron chi connectivity index (χ3n) is 3.98. The Morgan fingerprint density at radius 3 is 2.64 bits per heavy atom. The number of hydrogen-bond acceptors (Lipinski definition) is 3. The maximum absolute atomic E-state index is 12.1. The number of carbonyl (C=O) groups excluding carboxylic acids is 1. The number of rotatable bonds is 9. The van der Waals surface area contributed by atoms with E-state index in [9.17, 15) is 4.79 Å². The summed E-state index contributed by atoms with van der Waals surface area (Å²) < 4.78 is 5.69. The summed E-state index contributed by atoms with van der Waals surface area (Å²) in [5.74, 6) is 0.650. The van der Waals surface area contributed by atoms with Crippen molar-refractivity contribution in [1.29, 1.82) is 0 Å². The van der Waals surface area contributed by atoms with Crippen molar-refractivity contribution in [2.24, 2.45) is 0 Å². The molecule has 1 unspecified atom stereocenters. The van der Waals surface area contributed by atoms with Crippen molar-refractivity contribution in [3.05, 3.63) is 65.7 Å². The van der Waals surface area contributed by atoms with Gasteiger partial charge in [-0.25, -0.2) is 0 Å². The van der Waals surface area contributed by atoms with Crippen molar-refractivity contribution in [2.75, 3.05) is 20.1 Å². The Morgan fingerprint density at radius 2 is 1.92 bits per heavy atom. The maximum atomic E-state index is 12.1. The molecule has 0 bridgehead atoms. The molecule has 1 atom stereocenters. The zero-order chi connectivity index (χ0) is 18.1. The van der Waals surface area contributed by atoms with Crippen molar-refractivity contribution in [3.8, 4) is 5.75 Å². The third-order valence-corrected chi connectivity index (χ3v) is 3.98. The van der Waals surface area contributed by atoms with Crippen LogP contribution in [-0.2, 0) is 11.3 Å². The summed E-state index contributed by atoms with van der Waals surface area (Å²) >= 11 is 0. The highest BCUT2D eigenvalue weighted by Gasteiger charge is 2.14. The van der Waals surface area contributed by atoms with Crippen LogP contribution in [0.2, 0.25) is 0 Å². The molecule has 0 heterocycles. The molecule has 4 nitrogen and oxygen atoms in total. The van der Waals surface area contributed by atoms with Gasteiger partial charge in [-0.05, 0) is 57.1 Å². The minimum Gasteiger partial charge on any atom is -0.481 e. The van der Waals surface area contributed by atoms with Gasteiger partial charge in [-0.1, -0.05) is 42.5 Å². The second-order valence-corrected chi connectivity index (χ2v) is 6.44. The molecule has 0 radical (unpaired) electrons. The van der Waals surface area contributed by atoms with Gasteiger partial charge in [0.05, 0.1) is 0 Å². The molecule has 25 heavy (non-hydrogen) atoms. The number of aryl methyl sites for hydroxylation is 1. The lowest BCUT2D eigenvalue weighted by atomic mass is 10.2. The van der Waals surface area contributed by atoms with E-state index in [2.05, 4.69) is 41.5 Å². The second-order valence-electron chi connectivity index (χ2n) is 6.44. The monoisotopic (exact) mass is 340 g/mol. The summed E-state index contributed by atoms with van der Waals surface area (Å²) in [5, 5.41) is 2.95. The Kier molecular flexibility index (Phi) is 7.48. The molecule has 0 aliphatic carbocycles. The number of benzene rings is 2. The van der Waals surface area contributed by atoms with Crippen molar-refractivity contribution in [2.45, 2.75) is 32.9 Å². The molecule has 2 rings (SSSR count). The molecule has 1 amide bonds. The molecule has 0 aliphatic rings. The van der Waals surface area contributed by atoms with Gasteiger partial charge in [0.2, 0.25) is 0 Å². The Bertz CT molecular complexity index is 658. The van der Waals surface area contributed by atoms with Gasteiger partial charge in [-0.15, -0.1) is 0 Å². The van der Waals surface area contributed by atoms with E-state index in [1.54, 1.807) is 6.92 Å². The van der Waals surface area contributed by atoms with Crippen LogP contribution in [0.3, 0.4) is 0 Å². The van der Waals surface area contributed by atoms with Gasteiger partial charge in [-0.3, -0.25) is 4.79 Å². The van der Waals surface area contributed by atoms with E-state index < -0.39 is 6.10 Å². The van der Waals surface area contributed by atoms with E-state index >= 15 is 0 Å². The quantitative estimate of drug-likeness (QED) is 0.711. The second kappa shape index (κ2) is 9.84. The lowest BCUT2D eigenvalue weighted by Gasteiger charge is -2.18. The normalized spacial score (nSPS) is 12.0. The fraction of sp³-hybridized carbons (Fsp3) is 0.381. The summed E-state index contributed by atoms with van der Waals surface area (Å²) in [6.07, 6.45) is 0.413. The van der Waals surface area contributed by atoms with Crippen LogP contribution in [0, 0.1) is 6.92 Å². The number of nitrogens with one attached hydrogen (secondary N) is 1. The minimum atomic E-state index is -0.496. The number of carbonyl (C=O) groups is 1. The summed E-state index contributed by atoms with van der Waals surface area (Å²) in [5.41, 5.74) is 2.42. The van der Waals surface area contributed by atoms with Crippen LogP contribution < -0.4 is 10.1 Å². The van der Waals surface area contributed by atoms with Gasteiger partial charge in [0.1, 0.15) is 5.75 Å². The van der Waals surface area contributed by atoms with Gasteiger partial charge < -0.3 is 15.0 Å². The Labute approximate surface area is 150 Å². The molecule has 134 valence electrons. The smallest absolute Gasteiger partial charge is 0.260 e. The van der Waals surface area contributed by atoms with Crippen LogP contribution in [0.15, 0.2) is 54.6 Å². The topological polar surface area (TPSA) is 41.6 Å². The lowest BCUT2D eigenvalue weighted by Crippen LogP contribution is -2.37. The van der Waals surface area contributed by atoms with Crippen LogP contribution in [-0.4, -0.2) is 37.0 Å². The average Bonchev–Trinajstić information content (AvgIpc) is 2.59. The van der Waals surface area contributed by atoms with Gasteiger partial charge >= 0.3 is 0 Å². The lowest BCUT2D eigenvalue weighted by molar-refractivity contribution is -0.127. The highest BCUT2D eigenvalue weighted by atomic mass is 16.5. The first-order valence-electron chi connectivity index (χ1n) is 8.78. The first kappa shape index (κ1) is 19.0. The molecular weight excluding hydrogens is 312 g/mol. The van der Waals surface area contributed by atoms with E-state index in [1.165, 1.54) is 5.56 Å². The van der Waals surface area contributed by atoms with Crippen LogP contribution in [0.1, 0.15) is 24.5 Å². The average molecular weight is 340 g/mol. The Hall–Kier alpha value is -2.33. The molecule has 4 heteroatoms. The summed E-state index contributed by atoms with van der Waals surface area (Å²) in [6.45, 7) is 6.28. The van der Waals surface area contributed by atoms with Crippen molar-refractivity contribution in [1.82, 2.24) is 10.2 Å². The molecule has 2 aromatic rings. The molecule has 2 aromatic carbocycles. The van der Waals surface area contributed by atoms with Gasteiger partial charge in [0, 0.05) is 13.1 Å². The largest absolute Gasteiger partial charge is 0.481 e. The molecule has 0 saturated carbocycles. The molecule has 0 saturated heterocycles. The third kappa shape index (κ3) is 6.98. The number of amides is 1. The van der Waals surface area contributed by atoms with Crippen LogP contribution in [0.4, 0.5) is 0 Å². The first-order valence-corrected chi connectivity index (χ1v) is 8.78. The molecular formula is C21H28N2O2. The van der Waals surface area contributed by atoms with Crippen molar-refractivity contribution >= 4 is 5.91 Å². The van der Waals surface area contributed by atoms with Gasteiger partial charge in [0.15, 0.2) is 6.10 Å². The fourth-order valence-electron chi connectivity index (χ4n) is 2.62. The Morgan fingerprint density at radius 1 is 1.16 bits per heavy atom. The highest BCUT2D eigenvalue weighted by molar-refractivity contribution is 5.80. The number of nitrogens with zero attached hydrogens (tertiary/aromatic N) is 1. The predicted octanol–water partition coefficient (Wildman–Crippen LogP) is 3.40. The minimum absolute atomic E-state index is 0.0766. The molecule has 0 aromatic heterocycles. The molecule has 0 spiro atoms. The van der Waals surface area contributed by atoms with E-state index in [-0.39, 0.29) is 5.91 Å². The fourth-order valence-corrected chi connectivity index (χ4v) is 2.62. The van der Waals surface area contributed by atoms with E-state index in [0.29, 0.717) is 6.54 Å². The highest BCUT2D eigenvalue weighted by Crippen LogP contribution is 2.14. The standard InChI is InChI=1S/C21H28N2O2/c1-17-9-7-12-20(15-17)25-18(2)21(24)22-13-8-14-23(3)16-19-10-5-4-6-11-19/h4-7,9-12,15,18H,8,13-14,16H2,1-3H3,(H,22,24). The van der Waals surface area contributed by atoms with Crippen molar-refractivity contribution in [3.63, 3.8) is 0 Å². The van der Waals surface area contributed by atoms with Crippen LogP contribution >= 0.6 is 0 Å². The molecule has 0 aliphatic heterocycles.